The molecule has 0 spiro atoms. The molecule has 2 aromatic rings. The average molecular weight is 268 g/mol. The van der Waals surface area contributed by atoms with Gasteiger partial charge in [0.25, 0.3) is 0 Å². The van der Waals surface area contributed by atoms with Gasteiger partial charge in [-0.15, -0.1) is 0 Å². The lowest BCUT2D eigenvalue weighted by Crippen LogP contribution is -2.14. The van der Waals surface area contributed by atoms with Gasteiger partial charge >= 0.3 is 0 Å². The number of hydrogen-bond donors (Lipinski definition) is 0. The van der Waals surface area contributed by atoms with Crippen molar-refractivity contribution in [1.29, 1.82) is 0 Å². The molecule has 3 nitrogen and oxygen atoms in total. The van der Waals surface area contributed by atoms with Gasteiger partial charge < -0.3 is 0 Å². The van der Waals surface area contributed by atoms with Crippen LogP contribution in [0.15, 0.2) is 30.3 Å². The number of fused-ring (bicyclic) bond motifs is 1. The van der Waals surface area contributed by atoms with E-state index in [1.165, 1.54) is 11.1 Å². The van der Waals surface area contributed by atoms with Crippen LogP contribution in [0.1, 0.15) is 41.8 Å². The first kappa shape index (κ1) is 13.1. The number of benzene rings is 1. The highest BCUT2D eigenvalue weighted by molar-refractivity contribution is 5.88. The minimum absolute atomic E-state index is 0.0752. The van der Waals surface area contributed by atoms with E-state index in [1.807, 2.05) is 17.8 Å². The standard InChI is InChI=1S/C17H20N2O/c1-3-13-10-14(19(2)18-13)11-17(20)16-9-8-12-6-4-5-7-15(12)16/h4-7,10,16H,3,8-9,11H2,1-2H3. The van der Waals surface area contributed by atoms with Crippen LogP contribution in [0.25, 0.3) is 0 Å². The number of aryl methyl sites for hydroxylation is 3. The third kappa shape index (κ3) is 2.28. The summed E-state index contributed by atoms with van der Waals surface area (Å²) in [5.74, 6) is 0.395. The summed E-state index contributed by atoms with van der Waals surface area (Å²) in [6.07, 6.45) is 3.38. The van der Waals surface area contributed by atoms with Crippen molar-refractivity contribution in [2.75, 3.05) is 0 Å². The fourth-order valence-corrected chi connectivity index (χ4v) is 3.10. The monoisotopic (exact) mass is 268 g/mol. The molecule has 0 radical (unpaired) electrons. The molecule has 104 valence electrons. The number of Topliss-reactive ketones (excluding diaryl/α,β-unsaturated/α-hetero) is 1. The first-order valence-electron chi connectivity index (χ1n) is 7.31. The predicted molar refractivity (Wildman–Crippen MR) is 78.8 cm³/mol. The van der Waals surface area contributed by atoms with Crippen molar-refractivity contribution in [1.82, 2.24) is 9.78 Å². The van der Waals surface area contributed by atoms with Gasteiger partial charge in [0.1, 0.15) is 5.78 Å². The van der Waals surface area contributed by atoms with E-state index >= 15 is 0 Å². The molecule has 1 unspecified atom stereocenters. The molecule has 1 aromatic carbocycles. The van der Waals surface area contributed by atoms with E-state index in [-0.39, 0.29) is 5.92 Å². The summed E-state index contributed by atoms with van der Waals surface area (Å²) in [4.78, 5) is 12.6. The normalized spacial score (nSPS) is 17.2. The number of carbonyl (C=O) groups is 1. The van der Waals surface area contributed by atoms with Crippen molar-refractivity contribution < 1.29 is 4.79 Å². The maximum Gasteiger partial charge on any atom is 0.146 e. The Morgan fingerprint density at radius 3 is 2.95 bits per heavy atom. The van der Waals surface area contributed by atoms with Crippen molar-refractivity contribution in [3.05, 3.63) is 52.8 Å². The number of ketones is 1. The Bertz CT molecular complexity index is 642. The molecule has 1 aliphatic carbocycles. The Hall–Kier alpha value is -1.90. The van der Waals surface area contributed by atoms with Crippen LogP contribution < -0.4 is 0 Å². The number of rotatable bonds is 4. The number of aromatic nitrogens is 2. The lowest BCUT2D eigenvalue weighted by atomic mass is 9.94. The fraction of sp³-hybridized carbons (Fsp3) is 0.412. The summed E-state index contributed by atoms with van der Waals surface area (Å²) in [5.41, 5.74) is 4.65. The Morgan fingerprint density at radius 2 is 2.20 bits per heavy atom. The summed E-state index contributed by atoms with van der Waals surface area (Å²) in [6, 6.07) is 10.4. The molecule has 0 bridgehead atoms. The highest BCUT2D eigenvalue weighted by Crippen LogP contribution is 2.34. The second-order valence-corrected chi connectivity index (χ2v) is 5.54. The van der Waals surface area contributed by atoms with Gasteiger partial charge in [-0.2, -0.15) is 5.10 Å². The summed E-state index contributed by atoms with van der Waals surface area (Å²) in [5, 5.41) is 4.42. The van der Waals surface area contributed by atoms with E-state index in [0.29, 0.717) is 12.2 Å². The van der Waals surface area contributed by atoms with Crippen molar-refractivity contribution >= 4 is 5.78 Å². The first-order valence-corrected chi connectivity index (χ1v) is 7.31. The van der Waals surface area contributed by atoms with Crippen LogP contribution in [0, 0.1) is 0 Å². The SMILES string of the molecule is CCc1cc(CC(=O)C2CCc3ccccc32)n(C)n1. The van der Waals surface area contributed by atoms with Crippen LogP contribution >= 0.6 is 0 Å². The molecular weight excluding hydrogens is 248 g/mol. The molecule has 1 heterocycles. The van der Waals surface area contributed by atoms with Crippen LogP contribution in [-0.2, 0) is 31.1 Å². The minimum atomic E-state index is 0.0752. The van der Waals surface area contributed by atoms with Gasteiger partial charge in [0.15, 0.2) is 0 Å². The van der Waals surface area contributed by atoms with Crippen molar-refractivity contribution in [3.8, 4) is 0 Å². The van der Waals surface area contributed by atoms with Crippen molar-refractivity contribution in [2.24, 2.45) is 7.05 Å². The van der Waals surface area contributed by atoms with E-state index in [1.54, 1.807) is 0 Å². The number of carbonyl (C=O) groups excluding carboxylic acids is 1. The van der Waals surface area contributed by atoms with Crippen molar-refractivity contribution in [3.63, 3.8) is 0 Å². The van der Waals surface area contributed by atoms with E-state index in [4.69, 9.17) is 0 Å². The zero-order valence-corrected chi connectivity index (χ0v) is 12.1. The third-order valence-electron chi connectivity index (χ3n) is 4.27. The van der Waals surface area contributed by atoms with Gasteiger partial charge in [-0.25, -0.2) is 0 Å². The fourth-order valence-electron chi connectivity index (χ4n) is 3.10. The number of nitrogens with zero attached hydrogens (tertiary/aromatic N) is 2. The van der Waals surface area contributed by atoms with Gasteiger partial charge in [-0.1, -0.05) is 31.2 Å². The smallest absolute Gasteiger partial charge is 0.146 e. The van der Waals surface area contributed by atoms with Crippen LogP contribution in [0.2, 0.25) is 0 Å². The summed E-state index contributed by atoms with van der Waals surface area (Å²) in [7, 11) is 1.92. The van der Waals surface area contributed by atoms with Gasteiger partial charge in [0.05, 0.1) is 5.69 Å². The lowest BCUT2D eigenvalue weighted by molar-refractivity contribution is -0.119. The summed E-state index contributed by atoms with van der Waals surface area (Å²) < 4.78 is 1.84. The van der Waals surface area contributed by atoms with Gasteiger partial charge in [-0.3, -0.25) is 9.48 Å². The third-order valence-corrected chi connectivity index (χ3v) is 4.27. The first-order chi connectivity index (χ1) is 9.69. The average Bonchev–Trinajstić information content (AvgIpc) is 3.03. The molecule has 0 aliphatic heterocycles. The molecule has 0 fully saturated rings. The molecule has 0 amide bonds. The largest absolute Gasteiger partial charge is 0.299 e. The highest BCUT2D eigenvalue weighted by atomic mass is 16.1. The molecule has 1 aliphatic rings. The molecule has 20 heavy (non-hydrogen) atoms. The molecule has 3 rings (SSSR count). The quantitative estimate of drug-likeness (QED) is 0.854. The predicted octanol–water partition coefficient (Wildman–Crippen LogP) is 2.82. The molecule has 1 atom stereocenters. The zero-order valence-electron chi connectivity index (χ0n) is 12.1. The molecular formula is C17H20N2O. The Balaban J connectivity index is 1.79. The lowest BCUT2D eigenvalue weighted by Gasteiger charge is -2.10. The zero-order chi connectivity index (χ0) is 14.1. The topological polar surface area (TPSA) is 34.9 Å². The molecule has 0 saturated carbocycles. The van der Waals surface area contributed by atoms with E-state index in [2.05, 4.69) is 36.3 Å². The Labute approximate surface area is 119 Å². The Kier molecular flexibility index (Phi) is 3.43. The maximum absolute atomic E-state index is 12.6. The second-order valence-electron chi connectivity index (χ2n) is 5.54. The number of hydrogen-bond acceptors (Lipinski definition) is 2. The van der Waals surface area contributed by atoms with Crippen molar-refractivity contribution in [2.45, 2.75) is 38.5 Å². The second kappa shape index (κ2) is 5.23. The van der Waals surface area contributed by atoms with E-state index in [0.717, 1.165) is 30.7 Å². The van der Waals surface area contributed by atoms with Crippen LogP contribution in [-0.4, -0.2) is 15.6 Å². The highest BCUT2D eigenvalue weighted by Gasteiger charge is 2.28. The van der Waals surface area contributed by atoms with E-state index in [9.17, 15) is 4.79 Å². The van der Waals surface area contributed by atoms with Crippen LogP contribution in [0.5, 0.6) is 0 Å². The molecule has 0 saturated heterocycles. The molecule has 3 heteroatoms. The molecule has 1 aromatic heterocycles. The van der Waals surface area contributed by atoms with E-state index < -0.39 is 0 Å². The maximum atomic E-state index is 12.6. The van der Waals surface area contributed by atoms with Crippen LogP contribution in [0.4, 0.5) is 0 Å². The van der Waals surface area contributed by atoms with Gasteiger partial charge in [-0.05, 0) is 36.5 Å². The summed E-state index contributed by atoms with van der Waals surface area (Å²) in [6.45, 7) is 2.08. The Morgan fingerprint density at radius 1 is 1.40 bits per heavy atom. The summed E-state index contributed by atoms with van der Waals surface area (Å²) >= 11 is 0. The van der Waals surface area contributed by atoms with Gasteiger partial charge in [0, 0.05) is 25.1 Å². The molecule has 0 N–H and O–H groups in total. The minimum Gasteiger partial charge on any atom is -0.299 e. The van der Waals surface area contributed by atoms with Gasteiger partial charge in [0.2, 0.25) is 0 Å². The van der Waals surface area contributed by atoms with Crippen LogP contribution in [0.3, 0.4) is 0 Å².